The molecule has 0 unspecified atom stereocenters. The first-order valence-electron chi connectivity index (χ1n) is 11.3. The molecule has 1 saturated heterocycles. The Morgan fingerprint density at radius 1 is 1.00 bits per heavy atom. The first kappa shape index (κ1) is 22.3. The molecule has 0 spiro atoms. The Bertz CT molecular complexity index is 731. The van der Waals surface area contributed by atoms with E-state index in [0.717, 1.165) is 58.2 Å². The number of piperazine rings is 1. The number of benzene rings is 1. The van der Waals surface area contributed by atoms with E-state index in [4.69, 9.17) is 4.99 Å². The van der Waals surface area contributed by atoms with E-state index < -0.39 is 0 Å². The van der Waals surface area contributed by atoms with Gasteiger partial charge in [0.05, 0.1) is 6.54 Å². The Hall–Kier alpha value is -2.38. The van der Waals surface area contributed by atoms with Crippen LogP contribution >= 0.6 is 0 Å². The second-order valence-electron chi connectivity index (χ2n) is 7.77. The van der Waals surface area contributed by atoms with Crippen LogP contribution < -0.4 is 10.6 Å². The molecular weight excluding hydrogens is 374 g/mol. The highest BCUT2D eigenvalue weighted by Crippen LogP contribution is 2.11. The van der Waals surface area contributed by atoms with E-state index in [9.17, 15) is 0 Å². The summed E-state index contributed by atoms with van der Waals surface area (Å²) >= 11 is 0. The third-order valence-electron chi connectivity index (χ3n) is 5.52. The number of guanidine groups is 1. The van der Waals surface area contributed by atoms with Crippen molar-refractivity contribution in [3.8, 4) is 0 Å². The van der Waals surface area contributed by atoms with E-state index in [0.29, 0.717) is 6.54 Å². The minimum Gasteiger partial charge on any atom is -0.357 e. The maximum Gasteiger partial charge on any atom is 0.191 e. The highest BCUT2D eigenvalue weighted by atomic mass is 15.3. The average Bonchev–Trinajstić information content (AvgIpc) is 3.30. The Kier molecular flexibility index (Phi) is 9.18. The largest absolute Gasteiger partial charge is 0.357 e. The van der Waals surface area contributed by atoms with Crippen LogP contribution in [-0.2, 0) is 19.6 Å². The number of aliphatic imine (C=N–C) groups is 1. The van der Waals surface area contributed by atoms with Gasteiger partial charge >= 0.3 is 0 Å². The van der Waals surface area contributed by atoms with Gasteiger partial charge in [0, 0.05) is 64.8 Å². The van der Waals surface area contributed by atoms with E-state index in [-0.39, 0.29) is 0 Å². The van der Waals surface area contributed by atoms with Gasteiger partial charge in [-0.1, -0.05) is 31.2 Å². The number of nitrogens with zero attached hydrogens (tertiary/aromatic N) is 5. The molecule has 2 N–H and O–H groups in total. The van der Waals surface area contributed by atoms with Gasteiger partial charge in [-0.05, 0) is 37.1 Å². The number of aryl methyl sites for hydroxylation is 1. The van der Waals surface area contributed by atoms with Crippen LogP contribution in [0.3, 0.4) is 0 Å². The number of hydrogen-bond acceptors (Lipinski definition) is 4. The van der Waals surface area contributed by atoms with Crippen molar-refractivity contribution in [2.24, 2.45) is 4.99 Å². The third kappa shape index (κ3) is 7.46. The minimum atomic E-state index is 0.684. The van der Waals surface area contributed by atoms with Crippen molar-refractivity contribution in [3.05, 3.63) is 53.9 Å². The molecular formula is C23H37N7. The van der Waals surface area contributed by atoms with Crippen molar-refractivity contribution in [3.63, 3.8) is 0 Å². The van der Waals surface area contributed by atoms with Crippen LogP contribution in [0.25, 0.3) is 0 Å². The molecule has 1 aliphatic rings. The molecule has 7 heteroatoms. The van der Waals surface area contributed by atoms with E-state index in [1.54, 1.807) is 0 Å². The van der Waals surface area contributed by atoms with Crippen LogP contribution in [0.4, 0.5) is 0 Å². The molecule has 30 heavy (non-hydrogen) atoms. The number of aromatic nitrogens is 2. The van der Waals surface area contributed by atoms with E-state index in [2.05, 4.69) is 63.6 Å². The fraction of sp³-hybridized carbons (Fsp3) is 0.565. The summed E-state index contributed by atoms with van der Waals surface area (Å²) in [6.07, 6.45) is 4.82. The highest BCUT2D eigenvalue weighted by molar-refractivity contribution is 5.79. The summed E-state index contributed by atoms with van der Waals surface area (Å²) in [6.45, 7) is 14.6. The molecule has 1 aliphatic heterocycles. The number of hydrogen-bond donors (Lipinski definition) is 2. The van der Waals surface area contributed by atoms with Crippen LogP contribution in [0.1, 0.15) is 31.4 Å². The topological polar surface area (TPSA) is 60.7 Å². The molecule has 0 bridgehead atoms. The Balaban J connectivity index is 1.42. The molecule has 0 aliphatic carbocycles. The fourth-order valence-electron chi connectivity index (χ4n) is 3.66. The van der Waals surface area contributed by atoms with Gasteiger partial charge < -0.3 is 15.5 Å². The lowest BCUT2D eigenvalue weighted by Gasteiger charge is -2.34. The van der Waals surface area contributed by atoms with E-state index in [1.165, 1.54) is 24.2 Å². The molecule has 1 aromatic heterocycles. The second kappa shape index (κ2) is 12.3. The molecule has 7 nitrogen and oxygen atoms in total. The van der Waals surface area contributed by atoms with Crippen LogP contribution in [-0.4, -0.2) is 71.4 Å². The lowest BCUT2D eigenvalue weighted by molar-refractivity contribution is 0.132. The second-order valence-corrected chi connectivity index (χ2v) is 7.77. The van der Waals surface area contributed by atoms with Crippen LogP contribution in [0, 0.1) is 0 Å². The predicted molar refractivity (Wildman–Crippen MR) is 123 cm³/mol. The van der Waals surface area contributed by atoms with Crippen molar-refractivity contribution in [2.75, 3.05) is 45.8 Å². The summed E-state index contributed by atoms with van der Waals surface area (Å²) in [5, 5.41) is 11.0. The Labute approximate surface area is 181 Å². The molecule has 0 amide bonds. The smallest absolute Gasteiger partial charge is 0.191 e. The maximum absolute atomic E-state index is 4.74. The Morgan fingerprint density at radius 2 is 1.73 bits per heavy atom. The molecule has 1 fully saturated rings. The van der Waals surface area contributed by atoms with E-state index >= 15 is 0 Å². The van der Waals surface area contributed by atoms with Gasteiger partial charge in [0.15, 0.2) is 5.96 Å². The summed E-state index contributed by atoms with van der Waals surface area (Å²) in [7, 11) is 0. The van der Waals surface area contributed by atoms with Crippen LogP contribution in [0.5, 0.6) is 0 Å². The zero-order valence-corrected chi connectivity index (χ0v) is 18.6. The summed E-state index contributed by atoms with van der Waals surface area (Å²) in [5.41, 5.74) is 2.62. The zero-order chi connectivity index (χ0) is 21.0. The van der Waals surface area contributed by atoms with Crippen molar-refractivity contribution in [1.29, 1.82) is 0 Å². The summed E-state index contributed by atoms with van der Waals surface area (Å²) < 4.78 is 1.96. The lowest BCUT2D eigenvalue weighted by atomic mass is 10.1. The van der Waals surface area contributed by atoms with Gasteiger partial charge in [0.25, 0.3) is 0 Å². The van der Waals surface area contributed by atoms with Crippen molar-refractivity contribution >= 4 is 5.96 Å². The molecule has 164 valence electrons. The summed E-state index contributed by atoms with van der Waals surface area (Å²) in [4.78, 5) is 9.81. The van der Waals surface area contributed by atoms with Crippen LogP contribution in [0.2, 0.25) is 0 Å². The van der Waals surface area contributed by atoms with Crippen LogP contribution in [0.15, 0.2) is 47.7 Å². The number of likely N-dealkylation sites (N-methyl/N-ethyl adjacent to an activating group) is 1. The van der Waals surface area contributed by atoms with Crippen molar-refractivity contribution in [1.82, 2.24) is 30.2 Å². The minimum absolute atomic E-state index is 0.684. The molecule has 2 aromatic rings. The number of rotatable bonds is 10. The molecule has 0 saturated carbocycles. The zero-order valence-electron chi connectivity index (χ0n) is 18.6. The van der Waals surface area contributed by atoms with Gasteiger partial charge in [-0.25, -0.2) is 4.99 Å². The molecule has 0 atom stereocenters. The maximum atomic E-state index is 4.74. The monoisotopic (exact) mass is 411 g/mol. The average molecular weight is 412 g/mol. The van der Waals surface area contributed by atoms with Gasteiger partial charge in [-0.3, -0.25) is 9.58 Å². The first-order chi connectivity index (χ1) is 14.8. The first-order valence-corrected chi connectivity index (χ1v) is 11.3. The number of nitrogens with one attached hydrogen (secondary N) is 2. The van der Waals surface area contributed by atoms with E-state index in [1.807, 2.05) is 23.1 Å². The molecule has 3 rings (SSSR count). The molecule has 2 heterocycles. The highest BCUT2D eigenvalue weighted by Gasteiger charge is 2.15. The fourth-order valence-corrected chi connectivity index (χ4v) is 3.66. The normalized spacial score (nSPS) is 16.0. The molecule has 0 radical (unpaired) electrons. The molecule has 1 aromatic carbocycles. The SMILES string of the molecule is CCNC(=NCc1ccc(CN2CCN(CC)CC2)cc1)NCCCn1cccn1. The van der Waals surface area contributed by atoms with Crippen molar-refractivity contribution < 1.29 is 0 Å². The van der Waals surface area contributed by atoms with Gasteiger partial charge in [0.2, 0.25) is 0 Å². The van der Waals surface area contributed by atoms with Gasteiger partial charge in [-0.2, -0.15) is 5.10 Å². The predicted octanol–water partition coefficient (Wildman–Crippen LogP) is 2.17. The van der Waals surface area contributed by atoms with Crippen molar-refractivity contribution in [2.45, 2.75) is 39.9 Å². The summed E-state index contributed by atoms with van der Waals surface area (Å²) in [5.74, 6) is 0.871. The third-order valence-corrected chi connectivity index (χ3v) is 5.52. The quantitative estimate of drug-likeness (QED) is 0.356. The standard InChI is InChI=1S/C23H37N7/c1-3-24-23(25-11-5-13-30-14-6-12-27-30)26-19-21-7-9-22(10-8-21)20-29-17-15-28(4-2)16-18-29/h6-10,12,14H,3-5,11,13,15-20H2,1-2H3,(H2,24,25,26). The van der Waals surface area contributed by atoms with Gasteiger partial charge in [0.1, 0.15) is 0 Å². The Morgan fingerprint density at radius 3 is 2.40 bits per heavy atom. The van der Waals surface area contributed by atoms with Gasteiger partial charge in [-0.15, -0.1) is 0 Å². The lowest BCUT2D eigenvalue weighted by Crippen LogP contribution is -2.45. The summed E-state index contributed by atoms with van der Waals surface area (Å²) in [6, 6.07) is 10.9.